The maximum Gasteiger partial charge on any atom is 0.238 e. The molecule has 96 valence electrons. The van der Waals surface area contributed by atoms with Crippen LogP contribution in [-0.4, -0.2) is 36.2 Å². The van der Waals surface area contributed by atoms with E-state index in [0.717, 1.165) is 13.1 Å². The zero-order valence-corrected chi connectivity index (χ0v) is 10.6. The minimum absolute atomic E-state index is 0.00522. The molecule has 1 aliphatic rings. The second-order valence-corrected chi connectivity index (χ2v) is 4.67. The lowest BCUT2D eigenvalue weighted by atomic mass is 10.1. The Morgan fingerprint density at radius 3 is 2.67 bits per heavy atom. The molecule has 18 heavy (non-hydrogen) atoms. The molecule has 0 radical (unpaired) electrons. The van der Waals surface area contributed by atoms with Crippen LogP contribution in [0.1, 0.15) is 30.1 Å². The number of rotatable bonds is 4. The molecule has 1 heterocycles. The third-order valence-corrected chi connectivity index (χ3v) is 3.12. The summed E-state index contributed by atoms with van der Waals surface area (Å²) in [6.07, 6.45) is 2.35. The molecule has 4 heteroatoms. The number of hydrogen-bond donors (Lipinski definition) is 1. The third kappa shape index (κ3) is 3.40. The summed E-state index contributed by atoms with van der Waals surface area (Å²) in [6, 6.07) is 7.04. The first-order valence-electron chi connectivity index (χ1n) is 6.28. The smallest absolute Gasteiger partial charge is 0.238 e. The monoisotopic (exact) mass is 246 g/mol. The third-order valence-electron chi connectivity index (χ3n) is 3.12. The van der Waals surface area contributed by atoms with Crippen molar-refractivity contribution in [1.29, 1.82) is 0 Å². The SMILES string of the molecule is CC(=O)c1cccc(NC(=O)CN2CCCC2)c1. The molecule has 1 aromatic carbocycles. The molecule has 0 aliphatic carbocycles. The summed E-state index contributed by atoms with van der Waals surface area (Å²) >= 11 is 0. The topological polar surface area (TPSA) is 49.4 Å². The van der Waals surface area contributed by atoms with Gasteiger partial charge in [-0.3, -0.25) is 14.5 Å². The molecule has 0 aromatic heterocycles. The van der Waals surface area contributed by atoms with Gasteiger partial charge in [0.05, 0.1) is 6.54 Å². The average Bonchev–Trinajstić information content (AvgIpc) is 2.82. The fourth-order valence-corrected chi connectivity index (χ4v) is 2.16. The highest BCUT2D eigenvalue weighted by Crippen LogP contribution is 2.12. The van der Waals surface area contributed by atoms with E-state index in [1.54, 1.807) is 24.3 Å². The van der Waals surface area contributed by atoms with Gasteiger partial charge in [0.1, 0.15) is 0 Å². The highest BCUT2D eigenvalue weighted by molar-refractivity contribution is 5.97. The van der Waals surface area contributed by atoms with Gasteiger partial charge in [-0.1, -0.05) is 12.1 Å². The number of nitrogens with one attached hydrogen (secondary N) is 1. The van der Waals surface area contributed by atoms with Crippen LogP contribution in [0.4, 0.5) is 5.69 Å². The van der Waals surface area contributed by atoms with E-state index in [9.17, 15) is 9.59 Å². The predicted octanol–water partition coefficient (Wildman–Crippen LogP) is 1.92. The first-order valence-corrected chi connectivity index (χ1v) is 6.28. The van der Waals surface area contributed by atoms with Crippen LogP contribution in [0.25, 0.3) is 0 Å². The summed E-state index contributed by atoms with van der Waals surface area (Å²) in [5, 5.41) is 2.83. The van der Waals surface area contributed by atoms with E-state index >= 15 is 0 Å². The summed E-state index contributed by atoms with van der Waals surface area (Å²) in [4.78, 5) is 25.2. The van der Waals surface area contributed by atoms with Crippen molar-refractivity contribution in [3.63, 3.8) is 0 Å². The Bertz CT molecular complexity index is 451. The zero-order valence-electron chi connectivity index (χ0n) is 10.6. The Morgan fingerprint density at radius 1 is 1.28 bits per heavy atom. The quantitative estimate of drug-likeness (QED) is 0.826. The second-order valence-electron chi connectivity index (χ2n) is 4.67. The van der Waals surface area contributed by atoms with Gasteiger partial charge in [-0.15, -0.1) is 0 Å². The number of amides is 1. The fraction of sp³-hybridized carbons (Fsp3) is 0.429. The molecule has 0 unspecified atom stereocenters. The highest BCUT2D eigenvalue weighted by atomic mass is 16.2. The van der Waals surface area contributed by atoms with Gasteiger partial charge in [0.15, 0.2) is 5.78 Å². The molecule has 0 atom stereocenters. The van der Waals surface area contributed by atoms with Gasteiger partial charge in [-0.05, 0) is 45.0 Å². The Kier molecular flexibility index (Phi) is 4.10. The van der Waals surface area contributed by atoms with Crippen LogP contribution >= 0.6 is 0 Å². The van der Waals surface area contributed by atoms with Crippen molar-refractivity contribution in [3.05, 3.63) is 29.8 Å². The number of ketones is 1. The molecular weight excluding hydrogens is 228 g/mol. The maximum absolute atomic E-state index is 11.8. The molecule has 4 nitrogen and oxygen atoms in total. The minimum Gasteiger partial charge on any atom is -0.325 e. The van der Waals surface area contributed by atoms with E-state index in [0.29, 0.717) is 17.8 Å². The van der Waals surface area contributed by atoms with Crippen molar-refractivity contribution in [2.24, 2.45) is 0 Å². The van der Waals surface area contributed by atoms with Gasteiger partial charge in [-0.25, -0.2) is 0 Å². The lowest BCUT2D eigenvalue weighted by molar-refractivity contribution is -0.117. The van der Waals surface area contributed by atoms with E-state index < -0.39 is 0 Å². The van der Waals surface area contributed by atoms with Crippen molar-refractivity contribution in [1.82, 2.24) is 4.90 Å². The lowest BCUT2D eigenvalue weighted by Gasteiger charge is -2.14. The van der Waals surface area contributed by atoms with E-state index in [-0.39, 0.29) is 11.7 Å². The predicted molar refractivity (Wildman–Crippen MR) is 70.8 cm³/mol. The maximum atomic E-state index is 11.8. The second kappa shape index (κ2) is 5.78. The van der Waals surface area contributed by atoms with Gasteiger partial charge in [0, 0.05) is 11.3 Å². The lowest BCUT2D eigenvalue weighted by Crippen LogP contribution is -2.30. The largest absolute Gasteiger partial charge is 0.325 e. The van der Waals surface area contributed by atoms with Crippen molar-refractivity contribution < 1.29 is 9.59 Å². The molecule has 0 bridgehead atoms. The zero-order chi connectivity index (χ0) is 13.0. The van der Waals surface area contributed by atoms with Gasteiger partial charge < -0.3 is 5.32 Å². The average molecular weight is 246 g/mol. The first kappa shape index (κ1) is 12.8. The Hall–Kier alpha value is -1.68. The van der Waals surface area contributed by atoms with Gasteiger partial charge in [0.2, 0.25) is 5.91 Å². The van der Waals surface area contributed by atoms with Crippen molar-refractivity contribution >= 4 is 17.4 Å². The van der Waals surface area contributed by atoms with Crippen molar-refractivity contribution in [2.45, 2.75) is 19.8 Å². The Balaban J connectivity index is 1.93. The number of carbonyl (C=O) groups is 2. The van der Waals surface area contributed by atoms with Crippen LogP contribution in [0.3, 0.4) is 0 Å². The van der Waals surface area contributed by atoms with Gasteiger partial charge in [0.25, 0.3) is 0 Å². The standard InChI is InChI=1S/C14H18N2O2/c1-11(17)12-5-4-6-13(9-12)15-14(18)10-16-7-2-3-8-16/h4-6,9H,2-3,7-8,10H2,1H3,(H,15,18). The number of hydrogen-bond acceptors (Lipinski definition) is 3. The molecule has 2 rings (SSSR count). The molecule has 1 N–H and O–H groups in total. The fourth-order valence-electron chi connectivity index (χ4n) is 2.16. The molecule has 1 aliphatic heterocycles. The van der Waals surface area contributed by atoms with Crippen LogP contribution in [0.5, 0.6) is 0 Å². The summed E-state index contributed by atoms with van der Waals surface area (Å²) < 4.78 is 0. The van der Waals surface area contributed by atoms with Crippen LogP contribution in [0.2, 0.25) is 0 Å². The Morgan fingerprint density at radius 2 is 2.00 bits per heavy atom. The molecule has 1 fully saturated rings. The summed E-state index contributed by atoms with van der Waals surface area (Å²) in [5.74, 6) is -0.0109. The number of anilines is 1. The first-order chi connectivity index (χ1) is 8.65. The molecule has 0 saturated carbocycles. The Labute approximate surface area is 107 Å². The molecule has 1 aromatic rings. The number of Topliss-reactive ketones (excluding diaryl/α,β-unsaturated/α-hetero) is 1. The molecule has 1 amide bonds. The van der Waals surface area contributed by atoms with Gasteiger partial charge in [-0.2, -0.15) is 0 Å². The van der Waals surface area contributed by atoms with E-state index in [1.807, 2.05) is 0 Å². The molecule has 0 spiro atoms. The molecular formula is C14H18N2O2. The number of nitrogens with zero attached hydrogens (tertiary/aromatic N) is 1. The number of likely N-dealkylation sites (tertiary alicyclic amines) is 1. The minimum atomic E-state index is -0.0161. The van der Waals surface area contributed by atoms with E-state index in [4.69, 9.17) is 0 Å². The number of benzene rings is 1. The highest BCUT2D eigenvalue weighted by Gasteiger charge is 2.15. The normalized spacial score (nSPS) is 15.6. The van der Waals surface area contributed by atoms with Crippen molar-refractivity contribution in [3.8, 4) is 0 Å². The van der Waals surface area contributed by atoms with E-state index in [2.05, 4.69) is 10.2 Å². The van der Waals surface area contributed by atoms with Crippen molar-refractivity contribution in [2.75, 3.05) is 25.0 Å². The summed E-state index contributed by atoms with van der Waals surface area (Å²) in [7, 11) is 0. The van der Waals surface area contributed by atoms with Crippen LogP contribution in [-0.2, 0) is 4.79 Å². The van der Waals surface area contributed by atoms with E-state index in [1.165, 1.54) is 19.8 Å². The number of carbonyl (C=O) groups excluding carboxylic acids is 2. The van der Waals surface area contributed by atoms with Gasteiger partial charge >= 0.3 is 0 Å². The van der Waals surface area contributed by atoms with Crippen LogP contribution in [0.15, 0.2) is 24.3 Å². The van der Waals surface area contributed by atoms with Crippen LogP contribution < -0.4 is 5.32 Å². The summed E-state index contributed by atoms with van der Waals surface area (Å²) in [5.41, 5.74) is 1.31. The molecule has 1 saturated heterocycles. The summed E-state index contributed by atoms with van der Waals surface area (Å²) in [6.45, 7) is 3.96. The van der Waals surface area contributed by atoms with Crippen LogP contribution in [0, 0.1) is 0 Å².